The van der Waals surface area contributed by atoms with Crippen LogP contribution < -0.4 is 9.64 Å². The van der Waals surface area contributed by atoms with Crippen LogP contribution in [0.15, 0.2) is 30.5 Å². The van der Waals surface area contributed by atoms with Crippen LogP contribution in [0.25, 0.3) is 0 Å². The first-order chi connectivity index (χ1) is 18.4. The number of aromatic nitrogens is 1. The highest BCUT2D eigenvalue weighted by Gasteiger charge is 2.53. The van der Waals surface area contributed by atoms with E-state index in [1.165, 1.54) is 0 Å². The number of halogens is 2. The molecule has 5 unspecified atom stereocenters. The SMILES string of the molecule is Cc1cc(Cl)c(OC2CCN(c3ccc(C4CC5CCC(C4C(=O)O)N5C(=O)OC(C)(C)C)cn3)C2)c(Cl)c1. The Kier molecular flexibility index (Phi) is 7.63. The molecule has 8 nitrogen and oxygen atoms in total. The zero-order chi connectivity index (χ0) is 28.1. The molecule has 1 aromatic carbocycles. The summed E-state index contributed by atoms with van der Waals surface area (Å²) in [6.45, 7) is 8.81. The average Bonchev–Trinajstić information content (AvgIpc) is 3.43. The number of fused-ring (bicyclic) bond motifs is 2. The Labute approximate surface area is 239 Å². The number of hydrogen-bond donors (Lipinski definition) is 1. The quantitative estimate of drug-likeness (QED) is 0.446. The lowest BCUT2D eigenvalue weighted by Gasteiger charge is -2.43. The van der Waals surface area contributed by atoms with Gasteiger partial charge in [0.25, 0.3) is 0 Å². The average molecular weight is 577 g/mol. The molecule has 0 spiro atoms. The lowest BCUT2D eigenvalue weighted by Crippen LogP contribution is -2.54. The van der Waals surface area contributed by atoms with E-state index in [-0.39, 0.29) is 18.1 Å². The molecule has 0 saturated carbocycles. The smallest absolute Gasteiger partial charge is 0.410 e. The zero-order valence-corrected chi connectivity index (χ0v) is 24.2. The number of nitrogens with zero attached hydrogens (tertiary/aromatic N) is 3. The predicted octanol–water partition coefficient (Wildman–Crippen LogP) is 6.31. The first-order valence-electron chi connectivity index (χ1n) is 13.5. The van der Waals surface area contributed by atoms with E-state index in [2.05, 4.69) is 4.90 Å². The first-order valence-corrected chi connectivity index (χ1v) is 14.2. The summed E-state index contributed by atoms with van der Waals surface area (Å²) in [5, 5.41) is 11.2. The van der Waals surface area contributed by atoms with Gasteiger partial charge in [-0.2, -0.15) is 0 Å². The van der Waals surface area contributed by atoms with Crippen LogP contribution in [-0.4, -0.2) is 63.9 Å². The fourth-order valence-corrected chi connectivity index (χ4v) is 6.97. The van der Waals surface area contributed by atoms with Crippen molar-refractivity contribution < 1.29 is 24.2 Å². The standard InChI is InChI=1S/C29H35Cl2N3O5/c1-16-11-21(30)26(22(31)12-16)38-19-9-10-33(15-19)24-8-5-17(14-32-24)20-13-18-6-7-23(25(20)27(35)36)34(18)28(37)39-29(2,3)4/h5,8,11-12,14,18-20,23,25H,6-7,9-10,13,15H2,1-4H3,(H,35,36). The molecule has 39 heavy (non-hydrogen) atoms. The number of ether oxygens (including phenoxy) is 2. The molecule has 3 saturated heterocycles. The number of carbonyl (C=O) groups excluding carboxylic acids is 1. The molecule has 210 valence electrons. The van der Waals surface area contributed by atoms with E-state index in [1.54, 1.807) is 11.1 Å². The molecule has 2 aromatic rings. The zero-order valence-electron chi connectivity index (χ0n) is 22.7. The van der Waals surface area contributed by atoms with E-state index in [0.29, 0.717) is 35.2 Å². The first kappa shape index (κ1) is 27.8. The summed E-state index contributed by atoms with van der Waals surface area (Å²) in [6.07, 6.45) is 4.11. The maximum absolute atomic E-state index is 12.9. The van der Waals surface area contributed by atoms with Gasteiger partial charge in [0.1, 0.15) is 17.5 Å². The fraction of sp³-hybridized carbons (Fsp3) is 0.552. The third kappa shape index (κ3) is 5.78. The molecule has 1 amide bonds. The third-order valence-corrected chi connectivity index (χ3v) is 8.47. The second-order valence-corrected chi connectivity index (χ2v) is 12.7. The minimum Gasteiger partial charge on any atom is -0.485 e. The van der Waals surface area contributed by atoms with Crippen molar-refractivity contribution in [2.24, 2.45) is 5.92 Å². The highest BCUT2D eigenvalue weighted by atomic mass is 35.5. The molecule has 5 rings (SSSR count). The number of aliphatic carboxylic acids is 1. The number of rotatable bonds is 5. The maximum Gasteiger partial charge on any atom is 0.410 e. The van der Waals surface area contributed by atoms with Crippen molar-refractivity contribution >= 4 is 41.1 Å². The molecular formula is C29H35Cl2N3O5. The Morgan fingerprint density at radius 1 is 1.10 bits per heavy atom. The van der Waals surface area contributed by atoms with E-state index >= 15 is 0 Å². The second kappa shape index (κ2) is 10.7. The minimum absolute atomic E-state index is 0.0398. The molecule has 3 aliphatic heterocycles. The summed E-state index contributed by atoms with van der Waals surface area (Å²) in [6, 6.07) is 7.17. The van der Waals surface area contributed by atoms with Crippen LogP contribution >= 0.6 is 23.2 Å². The molecule has 4 heterocycles. The summed E-state index contributed by atoms with van der Waals surface area (Å²) in [7, 11) is 0. The number of piperidine rings is 1. The van der Waals surface area contributed by atoms with Crippen molar-refractivity contribution in [3.05, 3.63) is 51.6 Å². The summed E-state index contributed by atoms with van der Waals surface area (Å²) in [5.41, 5.74) is 1.23. The van der Waals surface area contributed by atoms with Crippen molar-refractivity contribution in [1.82, 2.24) is 9.88 Å². The summed E-state index contributed by atoms with van der Waals surface area (Å²) in [4.78, 5) is 33.9. The second-order valence-electron chi connectivity index (χ2n) is 11.9. The number of amides is 1. The molecule has 3 aliphatic rings. The molecule has 1 N–H and O–H groups in total. The number of carboxylic acids is 1. The number of anilines is 1. The van der Waals surface area contributed by atoms with Gasteiger partial charge in [-0.05, 0) is 76.3 Å². The molecule has 0 radical (unpaired) electrons. The van der Waals surface area contributed by atoms with Crippen molar-refractivity contribution in [3.63, 3.8) is 0 Å². The number of hydrogen-bond acceptors (Lipinski definition) is 6. The maximum atomic E-state index is 12.9. The van der Waals surface area contributed by atoms with Crippen molar-refractivity contribution in [2.45, 2.75) is 83.1 Å². The van der Waals surface area contributed by atoms with Gasteiger partial charge in [0.2, 0.25) is 0 Å². The van der Waals surface area contributed by atoms with Gasteiger partial charge < -0.3 is 24.4 Å². The van der Waals surface area contributed by atoms with Crippen LogP contribution in [0.2, 0.25) is 10.0 Å². The van der Waals surface area contributed by atoms with Gasteiger partial charge in [-0.25, -0.2) is 9.78 Å². The van der Waals surface area contributed by atoms with Crippen LogP contribution in [0.1, 0.15) is 63.5 Å². The van der Waals surface area contributed by atoms with E-state index in [0.717, 1.165) is 36.3 Å². The van der Waals surface area contributed by atoms with Gasteiger partial charge in [0.15, 0.2) is 5.75 Å². The van der Waals surface area contributed by atoms with Gasteiger partial charge in [0.05, 0.1) is 22.5 Å². The molecule has 2 bridgehead atoms. The Morgan fingerprint density at radius 3 is 2.44 bits per heavy atom. The van der Waals surface area contributed by atoms with Gasteiger partial charge in [0, 0.05) is 37.2 Å². The molecule has 5 atom stereocenters. The number of benzene rings is 1. The fourth-order valence-electron chi connectivity index (χ4n) is 6.29. The molecule has 3 fully saturated rings. The van der Waals surface area contributed by atoms with Gasteiger partial charge in [-0.15, -0.1) is 0 Å². The monoisotopic (exact) mass is 575 g/mol. The highest BCUT2D eigenvalue weighted by Crippen LogP contribution is 2.47. The third-order valence-electron chi connectivity index (χ3n) is 7.90. The number of carbonyl (C=O) groups is 2. The molecule has 1 aromatic heterocycles. The summed E-state index contributed by atoms with van der Waals surface area (Å²) >= 11 is 12.7. The van der Waals surface area contributed by atoms with E-state index < -0.39 is 29.6 Å². The number of pyridine rings is 1. The van der Waals surface area contributed by atoms with Crippen LogP contribution in [0, 0.1) is 12.8 Å². The highest BCUT2D eigenvalue weighted by molar-refractivity contribution is 6.37. The van der Waals surface area contributed by atoms with Crippen LogP contribution in [0.5, 0.6) is 5.75 Å². The van der Waals surface area contributed by atoms with Crippen molar-refractivity contribution in [1.29, 1.82) is 0 Å². The topological polar surface area (TPSA) is 92.2 Å². The predicted molar refractivity (Wildman–Crippen MR) is 150 cm³/mol. The van der Waals surface area contributed by atoms with Crippen molar-refractivity contribution in [2.75, 3.05) is 18.0 Å². The van der Waals surface area contributed by atoms with E-state index in [1.807, 2.05) is 52.0 Å². The lowest BCUT2D eigenvalue weighted by atomic mass is 9.76. The van der Waals surface area contributed by atoms with Crippen LogP contribution in [0.3, 0.4) is 0 Å². The molecular weight excluding hydrogens is 541 g/mol. The Balaban J connectivity index is 1.27. The van der Waals surface area contributed by atoms with Gasteiger partial charge >= 0.3 is 12.1 Å². The van der Waals surface area contributed by atoms with E-state index in [9.17, 15) is 14.7 Å². The number of aryl methyl sites for hydroxylation is 1. The normalized spacial score (nSPS) is 26.6. The summed E-state index contributed by atoms with van der Waals surface area (Å²) < 4.78 is 11.8. The molecule has 10 heteroatoms. The summed E-state index contributed by atoms with van der Waals surface area (Å²) in [5.74, 6) is -0.507. The molecule has 0 aliphatic carbocycles. The lowest BCUT2D eigenvalue weighted by molar-refractivity contribution is -0.146. The minimum atomic E-state index is -0.893. The number of carboxylic acid groups (broad SMARTS) is 1. The van der Waals surface area contributed by atoms with Crippen LogP contribution in [-0.2, 0) is 9.53 Å². The van der Waals surface area contributed by atoms with Gasteiger partial charge in [-0.1, -0.05) is 29.3 Å². The van der Waals surface area contributed by atoms with Gasteiger partial charge in [-0.3, -0.25) is 4.79 Å². The Morgan fingerprint density at radius 2 is 1.82 bits per heavy atom. The van der Waals surface area contributed by atoms with E-state index in [4.69, 9.17) is 37.7 Å². The Hall–Kier alpha value is -2.71. The van der Waals surface area contributed by atoms with Crippen LogP contribution in [0.4, 0.5) is 10.6 Å². The largest absolute Gasteiger partial charge is 0.485 e. The van der Waals surface area contributed by atoms with Crippen molar-refractivity contribution in [3.8, 4) is 5.75 Å². The Bertz CT molecular complexity index is 1230.